The summed E-state index contributed by atoms with van der Waals surface area (Å²) in [7, 11) is 0. The van der Waals surface area contributed by atoms with Crippen molar-refractivity contribution in [2.75, 3.05) is 5.32 Å². The highest BCUT2D eigenvalue weighted by Crippen LogP contribution is 2.17. The number of carbonyl (C=O) groups excluding carboxylic acids is 1. The summed E-state index contributed by atoms with van der Waals surface area (Å²) >= 11 is 0. The van der Waals surface area contributed by atoms with Crippen LogP contribution in [0.4, 0.5) is 5.69 Å². The number of nitrogens with zero attached hydrogens (tertiary/aromatic N) is 3. The number of nitrogens with one attached hydrogen (secondary N) is 1. The molecule has 3 rings (SSSR count). The van der Waals surface area contributed by atoms with E-state index in [4.69, 9.17) is 0 Å². The summed E-state index contributed by atoms with van der Waals surface area (Å²) < 4.78 is 1.58. The van der Waals surface area contributed by atoms with E-state index in [1.165, 1.54) is 5.56 Å². The van der Waals surface area contributed by atoms with Gasteiger partial charge in [-0.05, 0) is 35.7 Å². The molecular formula is C18H18N4O. The van der Waals surface area contributed by atoms with Gasteiger partial charge >= 0.3 is 0 Å². The number of hydrogen-bond acceptors (Lipinski definition) is 3. The van der Waals surface area contributed by atoms with Crippen molar-refractivity contribution in [1.82, 2.24) is 15.0 Å². The molecule has 0 spiro atoms. The predicted octanol–water partition coefficient (Wildman–Crippen LogP) is 3.64. The Balaban J connectivity index is 1.72. The fourth-order valence-electron chi connectivity index (χ4n) is 2.22. The van der Waals surface area contributed by atoms with E-state index in [2.05, 4.69) is 29.5 Å². The zero-order valence-corrected chi connectivity index (χ0v) is 13.1. The van der Waals surface area contributed by atoms with Gasteiger partial charge in [0.25, 0.3) is 5.91 Å². The van der Waals surface area contributed by atoms with E-state index in [-0.39, 0.29) is 11.6 Å². The van der Waals surface area contributed by atoms with Crippen LogP contribution in [0.25, 0.3) is 5.69 Å². The second-order valence-corrected chi connectivity index (χ2v) is 5.61. The molecule has 0 aliphatic carbocycles. The Morgan fingerprint density at radius 3 is 2.39 bits per heavy atom. The molecule has 0 radical (unpaired) electrons. The molecule has 5 nitrogen and oxygen atoms in total. The van der Waals surface area contributed by atoms with Crippen molar-refractivity contribution in [1.29, 1.82) is 0 Å². The van der Waals surface area contributed by atoms with Crippen molar-refractivity contribution in [3.63, 3.8) is 0 Å². The van der Waals surface area contributed by atoms with Crippen LogP contribution in [0.15, 0.2) is 60.8 Å². The average molecular weight is 306 g/mol. The van der Waals surface area contributed by atoms with Gasteiger partial charge in [-0.15, -0.1) is 5.10 Å². The van der Waals surface area contributed by atoms with Gasteiger partial charge in [-0.1, -0.05) is 49.4 Å². The van der Waals surface area contributed by atoms with Crippen LogP contribution >= 0.6 is 0 Å². The Bertz CT molecular complexity index is 791. The minimum atomic E-state index is -0.274. The van der Waals surface area contributed by atoms with Gasteiger partial charge in [-0.25, -0.2) is 4.68 Å². The van der Waals surface area contributed by atoms with Gasteiger partial charge < -0.3 is 5.32 Å². The smallest absolute Gasteiger partial charge is 0.277 e. The predicted molar refractivity (Wildman–Crippen MR) is 89.8 cm³/mol. The SMILES string of the molecule is CC(C)c1ccc(NC(=O)c2cn(-c3ccccc3)nn2)cc1. The number of para-hydroxylation sites is 1. The number of amides is 1. The number of anilines is 1. The molecule has 0 aliphatic heterocycles. The van der Waals surface area contributed by atoms with E-state index in [1.54, 1.807) is 10.9 Å². The van der Waals surface area contributed by atoms with Gasteiger partial charge in [0.1, 0.15) is 0 Å². The van der Waals surface area contributed by atoms with Gasteiger partial charge in [0.05, 0.1) is 11.9 Å². The van der Waals surface area contributed by atoms with Crippen molar-refractivity contribution >= 4 is 11.6 Å². The van der Waals surface area contributed by atoms with Gasteiger partial charge in [0.15, 0.2) is 5.69 Å². The highest BCUT2D eigenvalue weighted by atomic mass is 16.2. The number of carbonyl (C=O) groups is 1. The van der Waals surface area contributed by atoms with Crippen LogP contribution in [-0.4, -0.2) is 20.9 Å². The normalized spacial score (nSPS) is 10.7. The second-order valence-electron chi connectivity index (χ2n) is 5.61. The minimum Gasteiger partial charge on any atom is -0.321 e. The van der Waals surface area contributed by atoms with Crippen molar-refractivity contribution in [2.45, 2.75) is 19.8 Å². The van der Waals surface area contributed by atoms with E-state index in [0.29, 0.717) is 5.92 Å². The maximum atomic E-state index is 12.3. The minimum absolute atomic E-state index is 0.274. The summed E-state index contributed by atoms with van der Waals surface area (Å²) in [6, 6.07) is 17.4. The molecule has 0 bridgehead atoms. The lowest BCUT2D eigenvalue weighted by Gasteiger charge is -2.07. The van der Waals surface area contributed by atoms with Gasteiger partial charge in [-0.3, -0.25) is 4.79 Å². The molecule has 0 aliphatic rings. The monoisotopic (exact) mass is 306 g/mol. The fraction of sp³-hybridized carbons (Fsp3) is 0.167. The van der Waals surface area contributed by atoms with Crippen LogP contribution in [0.3, 0.4) is 0 Å². The number of aromatic nitrogens is 3. The topological polar surface area (TPSA) is 59.8 Å². The van der Waals surface area contributed by atoms with E-state index >= 15 is 0 Å². The molecule has 1 aromatic heterocycles. The highest BCUT2D eigenvalue weighted by molar-refractivity contribution is 6.02. The van der Waals surface area contributed by atoms with Crippen molar-refractivity contribution in [2.24, 2.45) is 0 Å². The van der Waals surface area contributed by atoms with Crippen molar-refractivity contribution in [3.8, 4) is 5.69 Å². The lowest BCUT2D eigenvalue weighted by atomic mass is 10.0. The molecule has 116 valence electrons. The molecule has 0 saturated heterocycles. The van der Waals surface area contributed by atoms with Gasteiger partial charge in [0.2, 0.25) is 0 Å². The Hall–Kier alpha value is -2.95. The Kier molecular flexibility index (Phi) is 4.19. The second kappa shape index (κ2) is 6.44. The molecule has 3 aromatic rings. The molecule has 0 atom stereocenters. The van der Waals surface area contributed by atoms with Gasteiger partial charge in [0, 0.05) is 5.69 Å². The molecule has 0 unspecified atom stereocenters. The van der Waals surface area contributed by atoms with Crippen LogP contribution in [0, 0.1) is 0 Å². The molecule has 5 heteroatoms. The molecule has 1 heterocycles. The first-order valence-electron chi connectivity index (χ1n) is 7.52. The largest absolute Gasteiger partial charge is 0.321 e. The number of rotatable bonds is 4. The lowest BCUT2D eigenvalue weighted by Crippen LogP contribution is -2.12. The molecule has 2 aromatic carbocycles. The average Bonchev–Trinajstić information content (AvgIpc) is 3.06. The Labute approximate surface area is 135 Å². The summed E-state index contributed by atoms with van der Waals surface area (Å²) in [5.74, 6) is 0.190. The summed E-state index contributed by atoms with van der Waals surface area (Å²) in [6.45, 7) is 4.27. The van der Waals surface area contributed by atoms with Crippen LogP contribution in [0.1, 0.15) is 35.8 Å². The molecule has 0 saturated carbocycles. The zero-order valence-electron chi connectivity index (χ0n) is 13.1. The van der Waals surface area contributed by atoms with Gasteiger partial charge in [-0.2, -0.15) is 0 Å². The molecule has 1 amide bonds. The third-order valence-corrected chi connectivity index (χ3v) is 3.58. The fourth-order valence-corrected chi connectivity index (χ4v) is 2.22. The van der Waals surface area contributed by atoms with E-state index < -0.39 is 0 Å². The summed E-state index contributed by atoms with van der Waals surface area (Å²) in [4.78, 5) is 12.3. The number of benzene rings is 2. The summed E-state index contributed by atoms with van der Waals surface area (Å²) in [5.41, 5.74) is 3.12. The quantitative estimate of drug-likeness (QED) is 0.800. The Morgan fingerprint density at radius 2 is 1.74 bits per heavy atom. The first-order chi connectivity index (χ1) is 11.1. The standard InChI is InChI=1S/C18H18N4O/c1-13(2)14-8-10-15(11-9-14)19-18(23)17-12-22(21-20-17)16-6-4-3-5-7-16/h3-13H,1-2H3,(H,19,23). The highest BCUT2D eigenvalue weighted by Gasteiger charge is 2.12. The van der Waals surface area contributed by atoms with E-state index in [9.17, 15) is 4.79 Å². The Morgan fingerprint density at radius 1 is 1.04 bits per heavy atom. The zero-order chi connectivity index (χ0) is 16.2. The maximum absolute atomic E-state index is 12.3. The van der Waals surface area contributed by atoms with E-state index in [0.717, 1.165) is 11.4 Å². The summed E-state index contributed by atoms with van der Waals surface area (Å²) in [6.07, 6.45) is 1.62. The van der Waals surface area contributed by atoms with Crippen LogP contribution in [-0.2, 0) is 0 Å². The van der Waals surface area contributed by atoms with Crippen molar-refractivity contribution < 1.29 is 4.79 Å². The third-order valence-electron chi connectivity index (χ3n) is 3.58. The first-order valence-corrected chi connectivity index (χ1v) is 7.52. The lowest BCUT2D eigenvalue weighted by molar-refractivity contribution is 0.102. The van der Waals surface area contributed by atoms with Crippen LogP contribution < -0.4 is 5.32 Å². The third kappa shape index (κ3) is 3.45. The summed E-state index contributed by atoms with van der Waals surface area (Å²) in [5, 5.41) is 10.8. The molecule has 1 N–H and O–H groups in total. The van der Waals surface area contributed by atoms with E-state index in [1.807, 2.05) is 54.6 Å². The van der Waals surface area contributed by atoms with Crippen LogP contribution in [0.2, 0.25) is 0 Å². The first kappa shape index (κ1) is 15.0. The van der Waals surface area contributed by atoms with Crippen LogP contribution in [0.5, 0.6) is 0 Å². The van der Waals surface area contributed by atoms with Crippen molar-refractivity contribution in [3.05, 3.63) is 72.1 Å². The number of hydrogen-bond donors (Lipinski definition) is 1. The molecule has 23 heavy (non-hydrogen) atoms. The molecular weight excluding hydrogens is 288 g/mol. The molecule has 0 fully saturated rings. The maximum Gasteiger partial charge on any atom is 0.277 e.